The van der Waals surface area contributed by atoms with Crippen LogP contribution in [0.5, 0.6) is 0 Å². The third-order valence-corrected chi connectivity index (χ3v) is 1.94. The number of carboxylic acids is 1. The number of carbonyl (C=O) groups is 1. The van der Waals surface area contributed by atoms with Gasteiger partial charge in [-0.25, -0.2) is 0 Å². The summed E-state index contributed by atoms with van der Waals surface area (Å²) in [6, 6.07) is 3.55. The number of fused-ring (bicyclic) bond motifs is 1. The number of carboxylic acid groups (broad SMARTS) is 1. The van der Waals surface area contributed by atoms with Crippen LogP contribution in [0.3, 0.4) is 0 Å². The highest BCUT2D eigenvalue weighted by molar-refractivity contribution is 5.84. The van der Waals surface area contributed by atoms with Crippen molar-refractivity contribution in [3.63, 3.8) is 0 Å². The maximum absolute atomic E-state index is 10.5. The Hall–Kier alpha value is -2.42. The zero-order chi connectivity index (χ0) is 10.8. The number of hydrogen-bond donors (Lipinski definition) is 1. The molecular formula is C9H6N4O2. The zero-order valence-corrected chi connectivity index (χ0v) is 7.58. The van der Waals surface area contributed by atoms with Crippen LogP contribution >= 0.6 is 0 Å². The average Bonchev–Trinajstić information content (AvgIpc) is 2.56. The van der Waals surface area contributed by atoms with E-state index in [1.54, 1.807) is 6.07 Å². The molecule has 0 saturated heterocycles. The van der Waals surface area contributed by atoms with Gasteiger partial charge in [-0.15, -0.1) is 0 Å². The number of nitriles is 1. The van der Waals surface area contributed by atoms with Gasteiger partial charge in [-0.2, -0.15) is 10.4 Å². The molecule has 6 heteroatoms. The molecule has 0 radical (unpaired) electrons. The predicted molar refractivity (Wildman–Crippen MR) is 49.9 cm³/mol. The van der Waals surface area contributed by atoms with Crippen molar-refractivity contribution in [3.05, 3.63) is 24.2 Å². The van der Waals surface area contributed by atoms with Crippen molar-refractivity contribution in [1.29, 1.82) is 5.26 Å². The summed E-state index contributed by atoms with van der Waals surface area (Å²) in [4.78, 5) is 14.4. The maximum atomic E-state index is 10.5. The van der Waals surface area contributed by atoms with Crippen LogP contribution in [0.25, 0.3) is 10.9 Å². The SMILES string of the molecule is N#Cc1nn(CC(=O)O)c2cnccc12. The molecule has 1 N–H and O–H groups in total. The fourth-order valence-electron chi connectivity index (χ4n) is 1.35. The minimum Gasteiger partial charge on any atom is -0.480 e. The van der Waals surface area contributed by atoms with E-state index in [9.17, 15) is 4.79 Å². The van der Waals surface area contributed by atoms with Gasteiger partial charge in [0.2, 0.25) is 0 Å². The van der Waals surface area contributed by atoms with Gasteiger partial charge in [0.05, 0.1) is 11.7 Å². The number of hydrogen-bond acceptors (Lipinski definition) is 4. The molecule has 0 saturated carbocycles. The second kappa shape index (κ2) is 3.38. The van der Waals surface area contributed by atoms with Crippen molar-refractivity contribution < 1.29 is 9.90 Å². The van der Waals surface area contributed by atoms with Crippen LogP contribution in [0.1, 0.15) is 5.69 Å². The molecule has 6 nitrogen and oxygen atoms in total. The molecule has 0 unspecified atom stereocenters. The van der Waals surface area contributed by atoms with Crippen LogP contribution in [-0.2, 0) is 11.3 Å². The topological polar surface area (TPSA) is 91.8 Å². The van der Waals surface area contributed by atoms with Crippen molar-refractivity contribution in [2.75, 3.05) is 0 Å². The van der Waals surface area contributed by atoms with Crippen molar-refractivity contribution in [2.45, 2.75) is 6.54 Å². The Balaban J connectivity index is 2.66. The first-order valence-corrected chi connectivity index (χ1v) is 4.15. The van der Waals surface area contributed by atoms with E-state index >= 15 is 0 Å². The largest absolute Gasteiger partial charge is 0.480 e. The van der Waals surface area contributed by atoms with Gasteiger partial charge < -0.3 is 5.11 Å². The second-order valence-electron chi connectivity index (χ2n) is 2.90. The molecule has 0 aromatic carbocycles. The molecule has 0 aliphatic rings. The van der Waals surface area contributed by atoms with Crippen molar-refractivity contribution in [3.8, 4) is 6.07 Å². The van der Waals surface area contributed by atoms with Gasteiger partial charge in [0.25, 0.3) is 0 Å². The Labute approximate surface area is 84.4 Å². The van der Waals surface area contributed by atoms with E-state index in [2.05, 4.69) is 10.1 Å². The standard InChI is InChI=1S/C9H6N4O2/c10-3-7-6-1-2-11-4-8(6)13(12-7)5-9(14)15/h1-2,4H,5H2,(H,14,15). The third-order valence-electron chi connectivity index (χ3n) is 1.94. The van der Waals surface area contributed by atoms with Crippen LogP contribution in [-0.4, -0.2) is 25.8 Å². The molecule has 15 heavy (non-hydrogen) atoms. The summed E-state index contributed by atoms with van der Waals surface area (Å²) in [5.74, 6) is -1.01. The molecule has 74 valence electrons. The molecule has 0 bridgehead atoms. The summed E-state index contributed by atoms with van der Waals surface area (Å²) in [7, 11) is 0. The number of rotatable bonds is 2. The lowest BCUT2D eigenvalue weighted by atomic mass is 10.2. The van der Waals surface area contributed by atoms with E-state index in [0.717, 1.165) is 0 Å². The van der Waals surface area contributed by atoms with Crippen molar-refractivity contribution in [1.82, 2.24) is 14.8 Å². The molecule has 0 amide bonds. The fourth-order valence-corrected chi connectivity index (χ4v) is 1.35. The minimum atomic E-state index is -1.01. The summed E-state index contributed by atoms with van der Waals surface area (Å²) in [6.07, 6.45) is 3.03. The number of aliphatic carboxylic acids is 1. The molecule has 0 aliphatic heterocycles. The highest BCUT2D eigenvalue weighted by atomic mass is 16.4. The van der Waals surface area contributed by atoms with E-state index in [1.807, 2.05) is 6.07 Å². The van der Waals surface area contributed by atoms with Crippen LogP contribution in [0.15, 0.2) is 18.5 Å². The molecule has 2 heterocycles. The normalized spacial score (nSPS) is 10.1. The quantitative estimate of drug-likeness (QED) is 0.760. The second-order valence-corrected chi connectivity index (χ2v) is 2.90. The lowest BCUT2D eigenvalue weighted by Gasteiger charge is -1.96. The number of aromatic nitrogens is 3. The summed E-state index contributed by atoms with van der Waals surface area (Å²) in [5, 5.41) is 21.9. The van der Waals surface area contributed by atoms with Gasteiger partial charge in [0.15, 0.2) is 5.69 Å². The van der Waals surface area contributed by atoms with Crippen LogP contribution in [0, 0.1) is 11.3 Å². The highest BCUT2D eigenvalue weighted by Crippen LogP contribution is 2.15. The Morgan fingerprint density at radius 2 is 2.47 bits per heavy atom. The third kappa shape index (κ3) is 1.50. The predicted octanol–water partition coefficient (Wildman–Crippen LogP) is 0.388. The average molecular weight is 202 g/mol. The van der Waals surface area contributed by atoms with Crippen LogP contribution in [0.2, 0.25) is 0 Å². The Morgan fingerprint density at radius 3 is 3.13 bits per heavy atom. The summed E-state index contributed by atoms with van der Waals surface area (Å²) in [5.41, 5.74) is 0.769. The molecule has 2 aromatic rings. The fraction of sp³-hybridized carbons (Fsp3) is 0.111. The molecule has 0 fully saturated rings. The maximum Gasteiger partial charge on any atom is 0.325 e. The summed E-state index contributed by atoms with van der Waals surface area (Å²) >= 11 is 0. The van der Waals surface area contributed by atoms with E-state index in [-0.39, 0.29) is 12.2 Å². The van der Waals surface area contributed by atoms with E-state index in [1.165, 1.54) is 17.1 Å². The summed E-state index contributed by atoms with van der Waals surface area (Å²) < 4.78 is 1.25. The van der Waals surface area contributed by atoms with Gasteiger partial charge in [-0.05, 0) is 6.07 Å². The van der Waals surface area contributed by atoms with Gasteiger partial charge in [0, 0.05) is 11.6 Å². The number of pyridine rings is 1. The van der Waals surface area contributed by atoms with Crippen LogP contribution in [0.4, 0.5) is 0 Å². The molecule has 0 atom stereocenters. The van der Waals surface area contributed by atoms with Gasteiger partial charge in [-0.3, -0.25) is 14.5 Å². The van der Waals surface area contributed by atoms with Gasteiger partial charge in [-0.1, -0.05) is 0 Å². The smallest absolute Gasteiger partial charge is 0.325 e. The lowest BCUT2D eigenvalue weighted by Crippen LogP contribution is -2.10. The first kappa shape index (κ1) is 9.15. The number of nitrogens with zero attached hydrogens (tertiary/aromatic N) is 4. The Bertz CT molecular complexity index is 567. The highest BCUT2D eigenvalue weighted by Gasteiger charge is 2.11. The molecule has 2 rings (SSSR count). The first-order chi connectivity index (χ1) is 7.22. The van der Waals surface area contributed by atoms with Crippen LogP contribution < -0.4 is 0 Å². The lowest BCUT2D eigenvalue weighted by molar-refractivity contribution is -0.137. The molecular weight excluding hydrogens is 196 g/mol. The van der Waals surface area contributed by atoms with E-state index in [4.69, 9.17) is 10.4 Å². The Kier molecular flexibility index (Phi) is 2.06. The summed E-state index contributed by atoms with van der Waals surface area (Å²) in [6.45, 7) is -0.274. The van der Waals surface area contributed by atoms with Crippen molar-refractivity contribution >= 4 is 16.9 Å². The first-order valence-electron chi connectivity index (χ1n) is 4.15. The van der Waals surface area contributed by atoms with E-state index < -0.39 is 5.97 Å². The molecule has 0 aliphatic carbocycles. The Morgan fingerprint density at radius 1 is 1.67 bits per heavy atom. The zero-order valence-electron chi connectivity index (χ0n) is 7.58. The van der Waals surface area contributed by atoms with Gasteiger partial charge >= 0.3 is 5.97 Å². The molecule has 2 aromatic heterocycles. The van der Waals surface area contributed by atoms with E-state index in [0.29, 0.717) is 10.9 Å². The monoisotopic (exact) mass is 202 g/mol. The minimum absolute atomic E-state index is 0.216. The molecule has 0 spiro atoms. The van der Waals surface area contributed by atoms with Crippen molar-refractivity contribution in [2.24, 2.45) is 0 Å². The van der Waals surface area contributed by atoms with Gasteiger partial charge in [0.1, 0.15) is 12.6 Å².